The maximum atomic E-state index is 12.3. The van der Waals surface area contributed by atoms with E-state index < -0.39 is 0 Å². The Balaban J connectivity index is 1.51. The normalized spacial score (nSPS) is 10.6. The molecule has 0 fully saturated rings. The number of nitrogens with one attached hydrogen (secondary N) is 1. The molecule has 3 aromatic carbocycles. The molecule has 0 saturated heterocycles. The van der Waals surface area contributed by atoms with Crippen molar-refractivity contribution in [2.45, 2.75) is 6.92 Å². The minimum atomic E-state index is -0.336. The Bertz CT molecular complexity index is 1100. The molecule has 0 aliphatic heterocycles. The fourth-order valence-corrected chi connectivity index (χ4v) is 2.82. The van der Waals surface area contributed by atoms with Crippen LogP contribution in [0.2, 0.25) is 5.02 Å². The van der Waals surface area contributed by atoms with Crippen molar-refractivity contribution in [1.29, 1.82) is 0 Å². The Labute approximate surface area is 185 Å². The van der Waals surface area contributed by atoms with Crippen molar-refractivity contribution in [3.8, 4) is 5.75 Å². The number of carbonyl (C=O) groups excluding carboxylic acids is 3. The summed E-state index contributed by atoms with van der Waals surface area (Å²) in [7, 11) is 0. The molecule has 0 unspecified atom stereocenters. The lowest BCUT2D eigenvalue weighted by Gasteiger charge is -2.08. The molecule has 0 aromatic heterocycles. The highest BCUT2D eigenvalue weighted by Crippen LogP contribution is 2.15. The van der Waals surface area contributed by atoms with Crippen molar-refractivity contribution in [2.75, 3.05) is 11.9 Å². The van der Waals surface area contributed by atoms with Gasteiger partial charge >= 0.3 is 0 Å². The standard InChI is InChI=1S/C25H20ClNO4/c1-17(28)19-7-13-23(14-8-19)31-16-25(30)27-22-11-5-20(6-12-22)24(29)15-4-18-2-9-21(26)10-3-18/h2-15H,16H2,1H3,(H,27,30)/b15-4+. The zero-order valence-corrected chi connectivity index (χ0v) is 17.6. The number of amides is 1. The molecule has 1 amide bonds. The fourth-order valence-electron chi connectivity index (χ4n) is 2.69. The average Bonchev–Trinajstić information content (AvgIpc) is 2.78. The van der Waals surface area contributed by atoms with Crippen LogP contribution in [0, 0.1) is 0 Å². The summed E-state index contributed by atoms with van der Waals surface area (Å²) >= 11 is 5.85. The molecule has 5 nitrogen and oxygen atoms in total. The molecule has 0 saturated carbocycles. The first-order valence-electron chi connectivity index (χ1n) is 9.52. The van der Waals surface area contributed by atoms with Crippen molar-refractivity contribution in [3.05, 3.63) is 101 Å². The second kappa shape index (κ2) is 10.4. The number of halogens is 1. The van der Waals surface area contributed by atoms with Crippen LogP contribution in [0.5, 0.6) is 5.75 Å². The van der Waals surface area contributed by atoms with E-state index in [4.69, 9.17) is 16.3 Å². The highest BCUT2D eigenvalue weighted by Gasteiger charge is 2.07. The predicted molar refractivity (Wildman–Crippen MR) is 122 cm³/mol. The van der Waals surface area contributed by atoms with Crippen LogP contribution in [-0.2, 0) is 4.79 Å². The van der Waals surface area contributed by atoms with Crippen LogP contribution < -0.4 is 10.1 Å². The first-order chi connectivity index (χ1) is 14.9. The van der Waals surface area contributed by atoms with E-state index in [1.807, 2.05) is 12.1 Å². The van der Waals surface area contributed by atoms with Crippen molar-refractivity contribution in [1.82, 2.24) is 0 Å². The van der Waals surface area contributed by atoms with Crippen LogP contribution in [0.15, 0.2) is 78.9 Å². The number of anilines is 1. The molecule has 0 radical (unpaired) electrons. The number of allylic oxidation sites excluding steroid dienone is 1. The minimum Gasteiger partial charge on any atom is -0.484 e. The SMILES string of the molecule is CC(=O)c1ccc(OCC(=O)Nc2ccc(C(=O)/C=C/c3ccc(Cl)cc3)cc2)cc1. The second-order valence-electron chi connectivity index (χ2n) is 6.74. The Kier molecular flexibility index (Phi) is 7.35. The molecule has 31 heavy (non-hydrogen) atoms. The molecule has 0 atom stereocenters. The Morgan fingerprint density at radius 2 is 1.48 bits per heavy atom. The Morgan fingerprint density at radius 3 is 2.10 bits per heavy atom. The molecule has 0 heterocycles. The van der Waals surface area contributed by atoms with Gasteiger partial charge in [0.15, 0.2) is 18.2 Å². The van der Waals surface area contributed by atoms with Gasteiger partial charge in [0.1, 0.15) is 5.75 Å². The van der Waals surface area contributed by atoms with Crippen molar-refractivity contribution in [2.24, 2.45) is 0 Å². The molecular formula is C25H20ClNO4. The topological polar surface area (TPSA) is 72.5 Å². The zero-order chi connectivity index (χ0) is 22.2. The molecule has 1 N–H and O–H groups in total. The highest BCUT2D eigenvalue weighted by atomic mass is 35.5. The largest absolute Gasteiger partial charge is 0.484 e. The summed E-state index contributed by atoms with van der Waals surface area (Å²) in [6.45, 7) is 1.31. The molecule has 3 rings (SSSR count). The lowest BCUT2D eigenvalue weighted by molar-refractivity contribution is -0.118. The minimum absolute atomic E-state index is 0.0355. The third-order valence-electron chi connectivity index (χ3n) is 4.38. The van der Waals surface area contributed by atoms with E-state index in [0.29, 0.717) is 27.6 Å². The maximum absolute atomic E-state index is 12.3. The van der Waals surface area contributed by atoms with Gasteiger partial charge in [-0.15, -0.1) is 0 Å². The smallest absolute Gasteiger partial charge is 0.262 e. The van der Waals surface area contributed by atoms with Gasteiger partial charge in [-0.25, -0.2) is 0 Å². The number of ketones is 2. The Morgan fingerprint density at radius 1 is 0.871 bits per heavy atom. The van der Waals surface area contributed by atoms with Crippen LogP contribution >= 0.6 is 11.6 Å². The molecule has 0 aliphatic rings. The van der Waals surface area contributed by atoms with Crippen molar-refractivity contribution < 1.29 is 19.1 Å². The number of hydrogen-bond acceptors (Lipinski definition) is 4. The van der Waals surface area contributed by atoms with Crippen LogP contribution in [0.25, 0.3) is 6.08 Å². The molecular weight excluding hydrogens is 414 g/mol. The van der Waals surface area contributed by atoms with E-state index in [2.05, 4.69) is 5.32 Å². The second-order valence-corrected chi connectivity index (χ2v) is 7.18. The van der Waals surface area contributed by atoms with Crippen molar-refractivity contribution >= 4 is 40.8 Å². The summed E-state index contributed by atoms with van der Waals surface area (Å²) in [5.74, 6) is -0.0252. The van der Waals surface area contributed by atoms with Gasteiger partial charge in [0.05, 0.1) is 0 Å². The molecule has 0 bridgehead atoms. The van der Waals surface area contributed by atoms with E-state index in [-0.39, 0.29) is 24.1 Å². The molecule has 0 aliphatic carbocycles. The zero-order valence-electron chi connectivity index (χ0n) is 16.8. The summed E-state index contributed by atoms with van der Waals surface area (Å²) in [6.07, 6.45) is 3.21. The fraction of sp³-hybridized carbons (Fsp3) is 0.0800. The van der Waals surface area contributed by atoms with E-state index in [1.165, 1.54) is 13.0 Å². The third-order valence-corrected chi connectivity index (χ3v) is 4.63. The lowest BCUT2D eigenvalue weighted by atomic mass is 10.1. The maximum Gasteiger partial charge on any atom is 0.262 e. The van der Waals surface area contributed by atoms with Gasteiger partial charge in [0, 0.05) is 21.8 Å². The number of carbonyl (C=O) groups is 3. The van der Waals surface area contributed by atoms with Gasteiger partial charge in [-0.1, -0.05) is 29.8 Å². The third kappa shape index (κ3) is 6.66. The van der Waals surface area contributed by atoms with Gasteiger partial charge in [0.25, 0.3) is 5.91 Å². The average molecular weight is 434 g/mol. The first kappa shape index (κ1) is 22.0. The summed E-state index contributed by atoms with van der Waals surface area (Å²) in [4.78, 5) is 35.7. The van der Waals surface area contributed by atoms with Crippen molar-refractivity contribution in [3.63, 3.8) is 0 Å². The van der Waals surface area contributed by atoms with Gasteiger partial charge < -0.3 is 10.1 Å². The van der Waals surface area contributed by atoms with Crippen LogP contribution in [0.3, 0.4) is 0 Å². The summed E-state index contributed by atoms with van der Waals surface area (Å²) in [5, 5.41) is 3.35. The van der Waals surface area contributed by atoms with Gasteiger partial charge in [-0.3, -0.25) is 14.4 Å². The summed E-state index contributed by atoms with van der Waals surface area (Å²) in [5.41, 5.74) is 2.51. The van der Waals surface area contributed by atoms with Gasteiger partial charge in [-0.05, 0) is 79.2 Å². The number of rotatable bonds is 8. The number of benzene rings is 3. The van der Waals surface area contributed by atoms with Gasteiger partial charge in [-0.2, -0.15) is 0 Å². The molecule has 0 spiro atoms. The first-order valence-corrected chi connectivity index (χ1v) is 9.90. The van der Waals surface area contributed by atoms with E-state index in [9.17, 15) is 14.4 Å². The van der Waals surface area contributed by atoms with Crippen LogP contribution in [-0.4, -0.2) is 24.1 Å². The van der Waals surface area contributed by atoms with E-state index >= 15 is 0 Å². The number of hydrogen-bond donors (Lipinski definition) is 1. The highest BCUT2D eigenvalue weighted by molar-refractivity contribution is 6.30. The number of ether oxygens (including phenoxy) is 1. The molecule has 156 valence electrons. The van der Waals surface area contributed by atoms with E-state index in [0.717, 1.165) is 5.56 Å². The van der Waals surface area contributed by atoms with E-state index in [1.54, 1.807) is 66.7 Å². The van der Waals surface area contributed by atoms with Crippen LogP contribution in [0.1, 0.15) is 33.2 Å². The van der Waals surface area contributed by atoms with Crippen LogP contribution in [0.4, 0.5) is 5.69 Å². The quantitative estimate of drug-likeness (QED) is 0.378. The number of Topliss-reactive ketones (excluding diaryl/α,β-unsaturated/α-hetero) is 1. The Hall–Kier alpha value is -3.70. The molecule has 6 heteroatoms. The molecule has 3 aromatic rings. The lowest BCUT2D eigenvalue weighted by Crippen LogP contribution is -2.20. The monoisotopic (exact) mass is 433 g/mol. The summed E-state index contributed by atoms with van der Waals surface area (Å²) < 4.78 is 5.42. The van der Waals surface area contributed by atoms with Gasteiger partial charge in [0.2, 0.25) is 0 Å². The predicted octanol–water partition coefficient (Wildman–Crippen LogP) is 5.46. The summed E-state index contributed by atoms with van der Waals surface area (Å²) in [6, 6.07) is 20.3.